The standard InChI is InChI=1S/C20H14F4N4O2S/c1-2-31(29,30)18-7-13(12-4-3-5-15(21)6-12)9-26-19(18)28-11-17-16(27-28)8-14(10-25-17)20(22,23)24/h3-11H,2H2,1H3. The van der Waals surface area contributed by atoms with E-state index in [1.54, 1.807) is 6.07 Å². The molecule has 11 heteroatoms. The zero-order valence-corrected chi connectivity index (χ0v) is 16.7. The predicted molar refractivity (Wildman–Crippen MR) is 105 cm³/mol. The molecule has 4 aromatic rings. The zero-order valence-electron chi connectivity index (χ0n) is 15.9. The van der Waals surface area contributed by atoms with E-state index >= 15 is 0 Å². The summed E-state index contributed by atoms with van der Waals surface area (Å²) >= 11 is 0. The average molecular weight is 450 g/mol. The highest BCUT2D eigenvalue weighted by atomic mass is 32.2. The molecule has 0 aliphatic rings. The fraction of sp³-hybridized carbons (Fsp3) is 0.150. The van der Waals surface area contributed by atoms with Crippen LogP contribution in [0.3, 0.4) is 0 Å². The van der Waals surface area contributed by atoms with E-state index in [9.17, 15) is 26.0 Å². The van der Waals surface area contributed by atoms with Gasteiger partial charge in [-0.25, -0.2) is 22.5 Å². The number of sulfone groups is 1. The third-order valence-electron chi connectivity index (χ3n) is 4.61. The lowest BCUT2D eigenvalue weighted by Gasteiger charge is -2.11. The molecule has 3 aromatic heterocycles. The third kappa shape index (κ3) is 4.00. The number of hydrogen-bond donors (Lipinski definition) is 0. The topological polar surface area (TPSA) is 77.7 Å². The fourth-order valence-electron chi connectivity index (χ4n) is 2.99. The molecule has 3 heterocycles. The van der Waals surface area contributed by atoms with E-state index in [0.717, 1.165) is 10.7 Å². The highest BCUT2D eigenvalue weighted by Gasteiger charge is 2.31. The Balaban J connectivity index is 1.90. The van der Waals surface area contributed by atoms with Crippen LogP contribution in [0.2, 0.25) is 0 Å². The quantitative estimate of drug-likeness (QED) is 0.430. The van der Waals surface area contributed by atoms with Gasteiger partial charge in [-0.05, 0) is 29.8 Å². The Hall–Kier alpha value is -3.34. The van der Waals surface area contributed by atoms with Crippen LogP contribution in [-0.4, -0.2) is 33.9 Å². The molecule has 0 radical (unpaired) electrons. The summed E-state index contributed by atoms with van der Waals surface area (Å²) in [5, 5.41) is 4.05. The van der Waals surface area contributed by atoms with Crippen LogP contribution in [0, 0.1) is 5.82 Å². The maximum Gasteiger partial charge on any atom is 0.417 e. The minimum Gasteiger partial charge on any atom is -0.252 e. The molecule has 0 N–H and O–H groups in total. The van der Waals surface area contributed by atoms with E-state index in [0.29, 0.717) is 17.3 Å². The lowest BCUT2D eigenvalue weighted by atomic mass is 10.1. The van der Waals surface area contributed by atoms with Crippen LogP contribution in [0.5, 0.6) is 0 Å². The van der Waals surface area contributed by atoms with Crippen molar-refractivity contribution in [3.63, 3.8) is 0 Å². The largest absolute Gasteiger partial charge is 0.417 e. The molecular weight excluding hydrogens is 436 g/mol. The molecule has 0 spiro atoms. The Morgan fingerprint density at radius 2 is 1.77 bits per heavy atom. The van der Waals surface area contributed by atoms with Gasteiger partial charge in [0, 0.05) is 18.0 Å². The number of halogens is 4. The summed E-state index contributed by atoms with van der Waals surface area (Å²) in [7, 11) is -3.80. The first kappa shape index (κ1) is 20.9. The first-order chi connectivity index (χ1) is 14.6. The van der Waals surface area contributed by atoms with Crippen LogP contribution in [0.4, 0.5) is 17.6 Å². The van der Waals surface area contributed by atoms with Crippen LogP contribution in [0.1, 0.15) is 12.5 Å². The first-order valence-electron chi connectivity index (χ1n) is 9.00. The maximum atomic E-state index is 13.6. The number of nitrogens with zero attached hydrogens (tertiary/aromatic N) is 4. The number of benzene rings is 1. The van der Waals surface area contributed by atoms with Gasteiger partial charge >= 0.3 is 6.18 Å². The Morgan fingerprint density at radius 3 is 2.45 bits per heavy atom. The molecule has 0 saturated heterocycles. The molecule has 160 valence electrons. The van der Waals surface area contributed by atoms with Gasteiger partial charge in [0.05, 0.1) is 17.5 Å². The highest BCUT2D eigenvalue weighted by Crippen LogP contribution is 2.31. The SMILES string of the molecule is CCS(=O)(=O)c1cc(-c2cccc(F)c2)cnc1-n1cc2ncc(C(F)(F)F)cc2n1. The van der Waals surface area contributed by atoms with Gasteiger partial charge in [0.2, 0.25) is 0 Å². The molecule has 1 aromatic carbocycles. The molecule has 0 atom stereocenters. The summed E-state index contributed by atoms with van der Waals surface area (Å²) in [5.74, 6) is -0.828. The van der Waals surface area contributed by atoms with E-state index in [1.165, 1.54) is 43.6 Å². The highest BCUT2D eigenvalue weighted by molar-refractivity contribution is 7.91. The molecule has 0 aliphatic carbocycles. The normalized spacial score (nSPS) is 12.4. The number of alkyl halides is 3. The molecule has 0 amide bonds. The summed E-state index contributed by atoms with van der Waals surface area (Å²) < 4.78 is 79.0. The molecular formula is C20H14F4N4O2S. The van der Waals surface area contributed by atoms with Gasteiger partial charge in [-0.3, -0.25) is 4.98 Å². The van der Waals surface area contributed by atoms with Crippen LogP contribution < -0.4 is 0 Å². The van der Waals surface area contributed by atoms with E-state index in [-0.39, 0.29) is 27.5 Å². The van der Waals surface area contributed by atoms with Crippen molar-refractivity contribution >= 4 is 20.9 Å². The van der Waals surface area contributed by atoms with Gasteiger partial charge in [0.25, 0.3) is 0 Å². The minimum atomic E-state index is -4.59. The number of aromatic nitrogens is 4. The molecule has 0 unspecified atom stereocenters. The van der Waals surface area contributed by atoms with Crippen LogP contribution in [-0.2, 0) is 16.0 Å². The van der Waals surface area contributed by atoms with Gasteiger partial charge in [0.1, 0.15) is 21.7 Å². The molecule has 0 fully saturated rings. The van der Waals surface area contributed by atoms with Gasteiger partial charge in [-0.1, -0.05) is 19.1 Å². The van der Waals surface area contributed by atoms with Crippen molar-refractivity contribution in [2.24, 2.45) is 0 Å². The van der Waals surface area contributed by atoms with E-state index < -0.39 is 27.4 Å². The molecule has 4 rings (SSSR count). The summed E-state index contributed by atoms with van der Waals surface area (Å²) in [5.41, 5.74) is -0.103. The Morgan fingerprint density at radius 1 is 1.00 bits per heavy atom. The van der Waals surface area contributed by atoms with E-state index in [1.807, 2.05) is 0 Å². The third-order valence-corrected chi connectivity index (χ3v) is 6.34. The van der Waals surface area contributed by atoms with Crippen molar-refractivity contribution in [3.05, 3.63) is 66.4 Å². The van der Waals surface area contributed by atoms with Crippen molar-refractivity contribution in [3.8, 4) is 16.9 Å². The van der Waals surface area contributed by atoms with E-state index in [4.69, 9.17) is 0 Å². The van der Waals surface area contributed by atoms with Crippen molar-refractivity contribution in [1.29, 1.82) is 0 Å². The summed E-state index contributed by atoms with van der Waals surface area (Å²) in [6.07, 6.45) is -1.26. The Bertz CT molecular complexity index is 1400. The number of hydrogen-bond acceptors (Lipinski definition) is 5. The Kier molecular flexibility index (Phi) is 5.00. The second-order valence-electron chi connectivity index (χ2n) is 6.66. The summed E-state index contributed by atoms with van der Waals surface area (Å²) in [4.78, 5) is 7.76. The second kappa shape index (κ2) is 7.41. The van der Waals surface area contributed by atoms with Crippen LogP contribution in [0.15, 0.2) is 59.9 Å². The molecule has 6 nitrogen and oxygen atoms in total. The van der Waals surface area contributed by atoms with Gasteiger partial charge in [-0.2, -0.15) is 18.3 Å². The molecule has 0 saturated carbocycles. The molecule has 0 aliphatic heterocycles. The predicted octanol–water partition coefficient (Wildman–Crippen LogP) is 4.43. The average Bonchev–Trinajstić information content (AvgIpc) is 3.16. The fourth-order valence-corrected chi connectivity index (χ4v) is 4.03. The summed E-state index contributed by atoms with van der Waals surface area (Å²) in [6, 6.07) is 7.75. The van der Waals surface area contributed by atoms with Crippen molar-refractivity contribution in [2.75, 3.05) is 5.75 Å². The van der Waals surface area contributed by atoms with Crippen LogP contribution >= 0.6 is 0 Å². The number of rotatable bonds is 4. The maximum absolute atomic E-state index is 13.6. The monoisotopic (exact) mass is 450 g/mol. The van der Waals surface area contributed by atoms with Crippen molar-refractivity contribution < 1.29 is 26.0 Å². The number of pyridine rings is 2. The van der Waals surface area contributed by atoms with Gasteiger partial charge in [0.15, 0.2) is 15.7 Å². The number of fused-ring (bicyclic) bond motifs is 1. The smallest absolute Gasteiger partial charge is 0.252 e. The molecule has 31 heavy (non-hydrogen) atoms. The van der Waals surface area contributed by atoms with E-state index in [2.05, 4.69) is 15.1 Å². The Labute approximate surface area is 174 Å². The van der Waals surface area contributed by atoms with Crippen LogP contribution in [0.25, 0.3) is 28.0 Å². The van der Waals surface area contributed by atoms with Crippen molar-refractivity contribution in [2.45, 2.75) is 18.0 Å². The van der Waals surface area contributed by atoms with Gasteiger partial charge < -0.3 is 0 Å². The van der Waals surface area contributed by atoms with Crippen molar-refractivity contribution in [1.82, 2.24) is 19.7 Å². The minimum absolute atomic E-state index is 0.0642. The van der Waals surface area contributed by atoms with Gasteiger partial charge in [-0.15, -0.1) is 0 Å². The lowest BCUT2D eigenvalue weighted by molar-refractivity contribution is -0.137. The molecule has 0 bridgehead atoms. The lowest BCUT2D eigenvalue weighted by Crippen LogP contribution is -2.11. The first-order valence-corrected chi connectivity index (χ1v) is 10.7. The summed E-state index contributed by atoms with van der Waals surface area (Å²) in [6.45, 7) is 1.45. The second-order valence-corrected chi connectivity index (χ2v) is 8.91. The zero-order chi connectivity index (χ0) is 22.4.